The smallest absolute Gasteiger partial charge is 0.0201 e. The predicted octanol–water partition coefficient (Wildman–Crippen LogP) is 2.96. The first-order chi connectivity index (χ1) is 3.06. The van der Waals surface area contributed by atoms with Gasteiger partial charge in [-0.15, -0.1) is 0 Å². The lowest BCUT2D eigenvalue weighted by molar-refractivity contribution is 0.640. The normalized spacial score (nSPS) is 12.0. The highest BCUT2D eigenvalue weighted by Crippen LogP contribution is 2.21. The second kappa shape index (κ2) is 2.71. The van der Waals surface area contributed by atoms with Crippen LogP contribution >= 0.6 is 15.9 Å². The largest absolute Gasteiger partial charge is 0.0859 e. The van der Waals surface area contributed by atoms with Crippen LogP contribution in [0.15, 0.2) is 0 Å². The van der Waals surface area contributed by atoms with Crippen LogP contribution in [0.25, 0.3) is 0 Å². The first-order valence-electron chi connectivity index (χ1n) is 2.75. The van der Waals surface area contributed by atoms with E-state index in [4.69, 9.17) is 0 Å². The topological polar surface area (TPSA) is 0 Å². The summed E-state index contributed by atoms with van der Waals surface area (Å²) >= 11 is 3.54. The molecule has 0 amide bonds. The number of hydrogen-bond acceptors (Lipinski definition) is 0. The summed E-state index contributed by atoms with van der Waals surface area (Å²) < 4.78 is 0.363. The maximum Gasteiger partial charge on any atom is 0.0201 e. The van der Waals surface area contributed by atoms with E-state index in [0.717, 1.165) is 0 Å². The highest BCUT2D eigenvalue weighted by atomic mass is 79.9. The molecule has 44 valence electrons. The van der Waals surface area contributed by atoms with Crippen LogP contribution in [0.3, 0.4) is 0 Å². The van der Waals surface area contributed by atoms with Crippen LogP contribution in [0.4, 0.5) is 0 Å². The van der Waals surface area contributed by atoms with Gasteiger partial charge in [0.05, 0.1) is 0 Å². The molecule has 0 rings (SSSR count). The summed E-state index contributed by atoms with van der Waals surface area (Å²) in [5.74, 6) is 0. The summed E-state index contributed by atoms with van der Waals surface area (Å²) in [6.45, 7) is 6.58. The van der Waals surface area contributed by atoms with E-state index >= 15 is 0 Å². The zero-order valence-electron chi connectivity index (χ0n) is 5.29. The lowest BCUT2D eigenvalue weighted by Crippen LogP contribution is -2.06. The van der Waals surface area contributed by atoms with Crippen LogP contribution < -0.4 is 0 Å². The Balaban J connectivity index is 3.15. The summed E-state index contributed by atoms with van der Waals surface area (Å²) in [6, 6.07) is 0. The Kier molecular flexibility index (Phi) is 2.89. The maximum atomic E-state index is 3.54. The molecule has 0 bridgehead atoms. The van der Waals surface area contributed by atoms with E-state index in [1.807, 2.05) is 0 Å². The summed E-state index contributed by atoms with van der Waals surface area (Å²) in [5, 5.41) is 0. The van der Waals surface area contributed by atoms with Gasteiger partial charge in [0.1, 0.15) is 0 Å². The molecule has 0 saturated heterocycles. The zero-order chi connectivity index (χ0) is 5.91. The first-order valence-corrected chi connectivity index (χ1v) is 3.54. The maximum absolute atomic E-state index is 3.54. The molecule has 0 aromatic carbocycles. The molecule has 0 saturated carbocycles. The molecule has 0 N–H and O–H groups in total. The fraction of sp³-hybridized carbons (Fsp3) is 1.00. The molecule has 0 aliphatic rings. The van der Waals surface area contributed by atoms with Crippen molar-refractivity contribution in [2.24, 2.45) is 0 Å². The number of alkyl halides is 1. The van der Waals surface area contributed by atoms with Gasteiger partial charge in [-0.1, -0.05) is 43.1 Å². The Morgan fingerprint density at radius 1 is 1.43 bits per heavy atom. The molecule has 7 heavy (non-hydrogen) atoms. The minimum atomic E-state index is 0.363. The van der Waals surface area contributed by atoms with Crippen molar-refractivity contribution in [3.8, 4) is 0 Å². The third-order valence-corrected chi connectivity index (χ3v) is 1.24. The van der Waals surface area contributed by atoms with E-state index in [1.54, 1.807) is 0 Å². The molecule has 0 radical (unpaired) electrons. The minimum absolute atomic E-state index is 0.363. The Bertz CT molecular complexity index is 42.6. The van der Waals surface area contributed by atoms with E-state index in [-0.39, 0.29) is 0 Å². The van der Waals surface area contributed by atoms with Gasteiger partial charge in [-0.25, -0.2) is 0 Å². The Morgan fingerprint density at radius 2 is 1.86 bits per heavy atom. The van der Waals surface area contributed by atoms with Crippen LogP contribution in [0.1, 0.15) is 33.6 Å². The molecule has 0 nitrogen and oxygen atoms in total. The first kappa shape index (κ1) is 7.48. The molecular weight excluding hydrogens is 152 g/mol. The standard InChI is InChI=1S/C6H13Br/c1-4-5-6(2,3)7/h4-5H2,1-3H3. The molecule has 0 aliphatic carbocycles. The van der Waals surface area contributed by atoms with Crippen molar-refractivity contribution in [1.82, 2.24) is 0 Å². The van der Waals surface area contributed by atoms with Crippen molar-refractivity contribution in [2.45, 2.75) is 37.9 Å². The molecule has 0 unspecified atom stereocenters. The second-order valence-corrected chi connectivity index (χ2v) is 4.62. The molecule has 0 fully saturated rings. The summed E-state index contributed by atoms with van der Waals surface area (Å²) in [7, 11) is 0. The monoisotopic (exact) mass is 164 g/mol. The van der Waals surface area contributed by atoms with E-state index in [0.29, 0.717) is 4.32 Å². The van der Waals surface area contributed by atoms with Crippen LogP contribution in [-0.4, -0.2) is 4.32 Å². The number of rotatable bonds is 2. The SMILES string of the molecule is CCCC(C)(C)Br. The zero-order valence-corrected chi connectivity index (χ0v) is 6.88. The summed E-state index contributed by atoms with van der Waals surface area (Å²) in [5.41, 5.74) is 0. The van der Waals surface area contributed by atoms with Gasteiger partial charge in [0.2, 0.25) is 0 Å². The van der Waals surface area contributed by atoms with Crippen molar-refractivity contribution in [3.63, 3.8) is 0 Å². The van der Waals surface area contributed by atoms with E-state index in [1.165, 1.54) is 12.8 Å². The third-order valence-electron chi connectivity index (χ3n) is 0.844. The molecule has 0 spiro atoms. The third kappa shape index (κ3) is 6.48. The van der Waals surface area contributed by atoms with Crippen LogP contribution in [0.2, 0.25) is 0 Å². The van der Waals surface area contributed by atoms with Gasteiger partial charge < -0.3 is 0 Å². The predicted molar refractivity (Wildman–Crippen MR) is 37.9 cm³/mol. The molecule has 0 atom stereocenters. The quantitative estimate of drug-likeness (QED) is 0.552. The van der Waals surface area contributed by atoms with Gasteiger partial charge in [-0.3, -0.25) is 0 Å². The number of halogens is 1. The van der Waals surface area contributed by atoms with Crippen molar-refractivity contribution in [1.29, 1.82) is 0 Å². The molecular formula is C6H13Br. The highest BCUT2D eigenvalue weighted by molar-refractivity contribution is 9.10. The van der Waals surface area contributed by atoms with Gasteiger partial charge in [0, 0.05) is 4.32 Å². The molecule has 0 aromatic rings. The lowest BCUT2D eigenvalue weighted by atomic mass is 10.1. The van der Waals surface area contributed by atoms with E-state index in [9.17, 15) is 0 Å². The van der Waals surface area contributed by atoms with Crippen LogP contribution in [-0.2, 0) is 0 Å². The second-order valence-electron chi connectivity index (χ2n) is 2.47. The van der Waals surface area contributed by atoms with Crippen molar-refractivity contribution in [2.75, 3.05) is 0 Å². The van der Waals surface area contributed by atoms with Gasteiger partial charge in [-0.2, -0.15) is 0 Å². The number of hydrogen-bond donors (Lipinski definition) is 0. The van der Waals surface area contributed by atoms with Gasteiger partial charge in [0.25, 0.3) is 0 Å². The van der Waals surface area contributed by atoms with Crippen molar-refractivity contribution in [3.05, 3.63) is 0 Å². The Morgan fingerprint density at radius 3 is 1.86 bits per heavy atom. The Labute approximate surface area is 54.4 Å². The Hall–Kier alpha value is 0.480. The molecule has 0 aromatic heterocycles. The fourth-order valence-corrected chi connectivity index (χ4v) is 0.991. The van der Waals surface area contributed by atoms with Gasteiger partial charge in [-0.05, 0) is 6.42 Å². The molecule has 0 aliphatic heterocycles. The fourth-order valence-electron chi connectivity index (χ4n) is 0.594. The highest BCUT2D eigenvalue weighted by Gasteiger charge is 2.08. The summed E-state index contributed by atoms with van der Waals surface area (Å²) in [6.07, 6.45) is 2.52. The summed E-state index contributed by atoms with van der Waals surface area (Å²) in [4.78, 5) is 0. The lowest BCUT2D eigenvalue weighted by Gasteiger charge is -2.12. The minimum Gasteiger partial charge on any atom is -0.0859 e. The average molecular weight is 165 g/mol. The molecule has 1 heteroatoms. The molecule has 0 heterocycles. The van der Waals surface area contributed by atoms with E-state index < -0.39 is 0 Å². The van der Waals surface area contributed by atoms with Crippen LogP contribution in [0.5, 0.6) is 0 Å². The van der Waals surface area contributed by atoms with Crippen molar-refractivity contribution >= 4 is 15.9 Å². The van der Waals surface area contributed by atoms with Gasteiger partial charge in [0.15, 0.2) is 0 Å². The van der Waals surface area contributed by atoms with Crippen LogP contribution in [0, 0.1) is 0 Å². The van der Waals surface area contributed by atoms with Gasteiger partial charge >= 0.3 is 0 Å². The van der Waals surface area contributed by atoms with E-state index in [2.05, 4.69) is 36.7 Å². The average Bonchev–Trinajstić information content (AvgIpc) is 1.30. The van der Waals surface area contributed by atoms with Crippen molar-refractivity contribution < 1.29 is 0 Å².